The Balaban J connectivity index is 2.15. The number of rotatable bonds is 4. The van der Waals surface area contributed by atoms with Crippen LogP contribution in [0.5, 0.6) is 0 Å². The first-order chi connectivity index (χ1) is 9.02. The monoisotopic (exact) mass is 261 g/mol. The summed E-state index contributed by atoms with van der Waals surface area (Å²) >= 11 is 0. The van der Waals surface area contributed by atoms with E-state index in [2.05, 4.69) is 62.0 Å². The molecule has 1 aromatic rings. The minimum Gasteiger partial charge on any atom is -0.329 e. The molecule has 0 aromatic heterocycles. The van der Waals surface area contributed by atoms with Gasteiger partial charge >= 0.3 is 0 Å². The summed E-state index contributed by atoms with van der Waals surface area (Å²) in [6.45, 7) is 7.43. The highest BCUT2D eigenvalue weighted by molar-refractivity contribution is 5.25. The van der Waals surface area contributed by atoms with Crippen LogP contribution in [0.3, 0.4) is 0 Å². The number of hydrogen-bond acceptors (Lipinski definition) is 3. The molecule has 1 saturated heterocycles. The van der Waals surface area contributed by atoms with Crippen LogP contribution in [-0.2, 0) is 0 Å². The first-order valence-corrected chi connectivity index (χ1v) is 7.20. The van der Waals surface area contributed by atoms with E-state index in [1.165, 1.54) is 11.1 Å². The Morgan fingerprint density at radius 1 is 1.37 bits per heavy atom. The molecule has 3 atom stereocenters. The zero-order valence-electron chi connectivity index (χ0n) is 12.6. The zero-order chi connectivity index (χ0) is 14.0. The first-order valence-electron chi connectivity index (χ1n) is 7.20. The van der Waals surface area contributed by atoms with Gasteiger partial charge in [0.25, 0.3) is 0 Å². The maximum atomic E-state index is 6.05. The van der Waals surface area contributed by atoms with Crippen molar-refractivity contribution >= 4 is 0 Å². The van der Waals surface area contributed by atoms with Crippen LogP contribution in [0.1, 0.15) is 24.1 Å². The summed E-state index contributed by atoms with van der Waals surface area (Å²) in [5, 5.41) is 0. The summed E-state index contributed by atoms with van der Waals surface area (Å²) in [4.78, 5) is 4.89. The van der Waals surface area contributed by atoms with Gasteiger partial charge in [-0.2, -0.15) is 0 Å². The highest BCUT2D eigenvalue weighted by atomic mass is 15.3. The van der Waals surface area contributed by atoms with E-state index in [0.717, 1.165) is 13.1 Å². The van der Waals surface area contributed by atoms with Gasteiger partial charge in [-0.15, -0.1) is 0 Å². The summed E-state index contributed by atoms with van der Waals surface area (Å²) in [7, 11) is 4.35. The molecule has 0 spiro atoms. The summed E-state index contributed by atoms with van der Waals surface area (Å²) in [5.74, 6) is 0.703. The van der Waals surface area contributed by atoms with Crippen molar-refractivity contribution in [1.82, 2.24) is 9.80 Å². The van der Waals surface area contributed by atoms with Crippen LogP contribution in [0.25, 0.3) is 0 Å². The second kappa shape index (κ2) is 6.04. The molecule has 3 nitrogen and oxygen atoms in total. The molecule has 0 radical (unpaired) electrons. The molecule has 2 N–H and O–H groups in total. The van der Waals surface area contributed by atoms with Gasteiger partial charge in [0.05, 0.1) is 0 Å². The smallest absolute Gasteiger partial charge is 0.0471 e. The Morgan fingerprint density at radius 3 is 2.63 bits per heavy atom. The van der Waals surface area contributed by atoms with Crippen LogP contribution in [0.2, 0.25) is 0 Å². The molecule has 3 unspecified atom stereocenters. The second-order valence-corrected chi connectivity index (χ2v) is 6.13. The van der Waals surface area contributed by atoms with Crippen molar-refractivity contribution in [1.29, 1.82) is 0 Å². The SMILES string of the molecule is Cc1cccc(C(CN)N2CC(C)C(N(C)C)C2)c1. The van der Waals surface area contributed by atoms with Crippen molar-refractivity contribution in [3.05, 3.63) is 35.4 Å². The second-order valence-electron chi connectivity index (χ2n) is 6.13. The van der Waals surface area contributed by atoms with Crippen LogP contribution in [0, 0.1) is 12.8 Å². The van der Waals surface area contributed by atoms with Gasteiger partial charge in [0.2, 0.25) is 0 Å². The predicted molar refractivity (Wildman–Crippen MR) is 81.2 cm³/mol. The van der Waals surface area contributed by atoms with Crippen LogP contribution in [0.15, 0.2) is 24.3 Å². The Morgan fingerprint density at radius 2 is 2.11 bits per heavy atom. The fourth-order valence-corrected chi connectivity index (χ4v) is 3.29. The van der Waals surface area contributed by atoms with E-state index in [1.54, 1.807) is 0 Å². The number of hydrogen-bond donors (Lipinski definition) is 1. The molecule has 0 amide bonds. The third-order valence-corrected chi connectivity index (χ3v) is 4.36. The summed E-state index contributed by atoms with van der Waals surface area (Å²) < 4.78 is 0. The molecule has 3 heteroatoms. The standard InChI is InChI=1S/C16H27N3/c1-12-6-5-7-14(8-12)15(9-17)19-10-13(2)16(11-19)18(3)4/h5-8,13,15-16H,9-11,17H2,1-4H3. The molecule has 1 heterocycles. The van der Waals surface area contributed by atoms with Gasteiger partial charge in [-0.3, -0.25) is 4.90 Å². The Hall–Kier alpha value is -0.900. The molecule has 2 rings (SSSR count). The summed E-state index contributed by atoms with van der Waals surface area (Å²) in [6.07, 6.45) is 0. The van der Waals surface area contributed by atoms with Gasteiger partial charge in [0.1, 0.15) is 0 Å². The lowest BCUT2D eigenvalue weighted by Gasteiger charge is -2.28. The molecular formula is C16H27N3. The van der Waals surface area contributed by atoms with Gasteiger partial charge in [-0.05, 0) is 32.5 Å². The van der Waals surface area contributed by atoms with E-state index in [-0.39, 0.29) is 0 Å². The summed E-state index contributed by atoms with van der Waals surface area (Å²) in [6, 6.07) is 9.75. The van der Waals surface area contributed by atoms with Crippen LogP contribution in [-0.4, -0.2) is 49.6 Å². The Bertz CT molecular complexity index is 416. The van der Waals surface area contributed by atoms with E-state index in [9.17, 15) is 0 Å². The molecule has 106 valence electrons. The molecule has 1 aliphatic heterocycles. The number of nitrogens with zero attached hydrogens (tertiary/aromatic N) is 2. The van der Waals surface area contributed by atoms with Gasteiger partial charge < -0.3 is 10.6 Å². The van der Waals surface area contributed by atoms with E-state index in [0.29, 0.717) is 24.5 Å². The van der Waals surface area contributed by atoms with Crippen molar-refractivity contribution in [2.75, 3.05) is 33.7 Å². The van der Waals surface area contributed by atoms with E-state index in [1.807, 2.05) is 0 Å². The predicted octanol–water partition coefficient (Wildman–Crippen LogP) is 1.88. The molecule has 0 aliphatic carbocycles. The van der Waals surface area contributed by atoms with Crippen LogP contribution in [0.4, 0.5) is 0 Å². The van der Waals surface area contributed by atoms with Gasteiger partial charge in [0.15, 0.2) is 0 Å². The maximum absolute atomic E-state index is 6.05. The topological polar surface area (TPSA) is 32.5 Å². The van der Waals surface area contributed by atoms with Gasteiger partial charge in [-0.25, -0.2) is 0 Å². The first kappa shape index (κ1) is 14.5. The third kappa shape index (κ3) is 3.16. The lowest BCUT2D eigenvalue weighted by Crippen LogP contribution is -2.36. The van der Waals surface area contributed by atoms with E-state index in [4.69, 9.17) is 5.73 Å². The largest absolute Gasteiger partial charge is 0.329 e. The van der Waals surface area contributed by atoms with Gasteiger partial charge in [-0.1, -0.05) is 36.8 Å². The fourth-order valence-electron chi connectivity index (χ4n) is 3.29. The summed E-state index contributed by atoms with van der Waals surface area (Å²) in [5.41, 5.74) is 8.71. The third-order valence-electron chi connectivity index (χ3n) is 4.36. The van der Waals surface area contributed by atoms with Crippen molar-refractivity contribution in [2.45, 2.75) is 25.9 Å². The Labute approximate surface area is 117 Å². The van der Waals surface area contributed by atoms with Crippen LogP contribution < -0.4 is 5.73 Å². The zero-order valence-corrected chi connectivity index (χ0v) is 12.6. The minimum atomic E-state index is 0.354. The lowest BCUT2D eigenvalue weighted by molar-refractivity contribution is 0.219. The number of likely N-dealkylation sites (N-methyl/N-ethyl adjacent to an activating group) is 1. The molecule has 1 fully saturated rings. The average Bonchev–Trinajstić information content (AvgIpc) is 2.72. The van der Waals surface area contributed by atoms with Crippen molar-refractivity contribution < 1.29 is 0 Å². The van der Waals surface area contributed by atoms with Crippen molar-refractivity contribution in [2.24, 2.45) is 11.7 Å². The molecule has 1 aliphatic rings. The van der Waals surface area contributed by atoms with Crippen molar-refractivity contribution in [3.63, 3.8) is 0 Å². The molecular weight excluding hydrogens is 234 g/mol. The van der Waals surface area contributed by atoms with Gasteiger partial charge in [0, 0.05) is 31.7 Å². The normalized spacial score (nSPS) is 26.0. The van der Waals surface area contributed by atoms with Crippen molar-refractivity contribution in [3.8, 4) is 0 Å². The molecule has 1 aromatic carbocycles. The molecule has 0 saturated carbocycles. The Kier molecular flexibility index (Phi) is 4.61. The van der Waals surface area contributed by atoms with Crippen LogP contribution >= 0.6 is 0 Å². The van der Waals surface area contributed by atoms with E-state index >= 15 is 0 Å². The lowest BCUT2D eigenvalue weighted by atomic mass is 10.0. The number of aryl methyl sites for hydroxylation is 1. The number of likely N-dealkylation sites (tertiary alicyclic amines) is 1. The quantitative estimate of drug-likeness (QED) is 0.898. The highest BCUT2D eigenvalue weighted by Gasteiger charge is 2.34. The molecule has 0 bridgehead atoms. The fraction of sp³-hybridized carbons (Fsp3) is 0.625. The van der Waals surface area contributed by atoms with E-state index < -0.39 is 0 Å². The molecule has 19 heavy (non-hydrogen) atoms. The number of nitrogens with two attached hydrogens (primary N) is 1. The average molecular weight is 261 g/mol. The minimum absolute atomic E-state index is 0.354. The number of benzene rings is 1. The highest BCUT2D eigenvalue weighted by Crippen LogP contribution is 2.29. The maximum Gasteiger partial charge on any atom is 0.0471 e.